The number of nitrogens with zero attached hydrogens (tertiary/aromatic N) is 2. The van der Waals surface area contributed by atoms with Gasteiger partial charge in [0.25, 0.3) is 5.91 Å². The van der Waals surface area contributed by atoms with Crippen molar-refractivity contribution in [2.24, 2.45) is 4.99 Å². The van der Waals surface area contributed by atoms with E-state index in [1.807, 2.05) is 31.2 Å². The smallest absolute Gasteiger partial charge is 0.258 e. The number of hydrogen-bond acceptors (Lipinski definition) is 6. The minimum Gasteiger partial charge on any atom is -0.497 e. The Bertz CT molecular complexity index is 888. The molecule has 0 atom stereocenters. The van der Waals surface area contributed by atoms with E-state index in [9.17, 15) is 4.79 Å². The number of para-hydroxylation sites is 1. The second kappa shape index (κ2) is 11.3. The summed E-state index contributed by atoms with van der Waals surface area (Å²) in [5.74, 6) is 1.18. The van der Waals surface area contributed by atoms with E-state index in [0.29, 0.717) is 29.6 Å². The summed E-state index contributed by atoms with van der Waals surface area (Å²) in [6, 6.07) is 12.9. The number of morpholine rings is 1. The number of amides is 1. The molecule has 1 heterocycles. The Hall–Kier alpha value is -3.10. The maximum atomic E-state index is 13.0. The van der Waals surface area contributed by atoms with Crippen LogP contribution in [0.15, 0.2) is 47.5 Å². The number of carbonyl (C=O) groups excluding carboxylic acids is 1. The minimum atomic E-state index is -0.302. The van der Waals surface area contributed by atoms with E-state index in [2.05, 4.69) is 20.5 Å². The maximum absolute atomic E-state index is 13.0. The quantitative estimate of drug-likeness (QED) is 0.523. The lowest BCUT2D eigenvalue weighted by Gasteiger charge is -2.25. The number of nitrogens with one attached hydrogen (secondary N) is 2. The lowest BCUT2D eigenvalue weighted by atomic mass is 10.2. The molecule has 166 valence electrons. The molecule has 1 amide bonds. The predicted molar refractivity (Wildman–Crippen MR) is 121 cm³/mol. The zero-order valence-corrected chi connectivity index (χ0v) is 18.3. The van der Waals surface area contributed by atoms with Crippen molar-refractivity contribution in [3.8, 4) is 11.5 Å². The van der Waals surface area contributed by atoms with E-state index in [0.717, 1.165) is 44.1 Å². The number of guanidine groups is 1. The first-order chi connectivity index (χ1) is 15.1. The first-order valence-electron chi connectivity index (χ1n) is 10.3. The molecule has 2 aromatic carbocycles. The van der Waals surface area contributed by atoms with Crippen LogP contribution in [0.1, 0.15) is 15.9 Å². The lowest BCUT2D eigenvalue weighted by molar-refractivity contribution is 0.0394. The van der Waals surface area contributed by atoms with Gasteiger partial charge in [-0.3, -0.25) is 20.0 Å². The van der Waals surface area contributed by atoms with Gasteiger partial charge >= 0.3 is 0 Å². The van der Waals surface area contributed by atoms with Crippen molar-refractivity contribution in [2.45, 2.75) is 6.92 Å². The molecule has 2 N–H and O–H groups in total. The van der Waals surface area contributed by atoms with Gasteiger partial charge in [0.05, 0.1) is 34.0 Å². The molecule has 31 heavy (non-hydrogen) atoms. The van der Waals surface area contributed by atoms with Crippen molar-refractivity contribution >= 4 is 17.6 Å². The molecular weight excluding hydrogens is 396 g/mol. The van der Waals surface area contributed by atoms with Crippen LogP contribution >= 0.6 is 0 Å². The number of rotatable bonds is 7. The predicted octanol–water partition coefficient (Wildman–Crippen LogP) is 2.54. The number of anilines is 1. The van der Waals surface area contributed by atoms with Crippen LogP contribution < -0.4 is 20.1 Å². The summed E-state index contributed by atoms with van der Waals surface area (Å²) >= 11 is 0. The molecule has 1 saturated heterocycles. The minimum absolute atomic E-state index is 0.302. The van der Waals surface area contributed by atoms with Crippen molar-refractivity contribution < 1.29 is 19.0 Å². The van der Waals surface area contributed by atoms with E-state index < -0.39 is 0 Å². The van der Waals surface area contributed by atoms with Crippen molar-refractivity contribution in [3.63, 3.8) is 0 Å². The van der Waals surface area contributed by atoms with Crippen LogP contribution in [0, 0.1) is 6.92 Å². The topological polar surface area (TPSA) is 84.4 Å². The Morgan fingerprint density at radius 1 is 1.10 bits per heavy atom. The third-order valence-electron chi connectivity index (χ3n) is 5.03. The van der Waals surface area contributed by atoms with Gasteiger partial charge in [-0.15, -0.1) is 0 Å². The number of carbonyl (C=O) groups is 1. The molecule has 1 aliphatic heterocycles. The first-order valence-corrected chi connectivity index (χ1v) is 10.3. The van der Waals surface area contributed by atoms with Gasteiger partial charge in [0.1, 0.15) is 11.5 Å². The second-order valence-corrected chi connectivity index (χ2v) is 7.18. The van der Waals surface area contributed by atoms with E-state index in [-0.39, 0.29) is 5.91 Å². The summed E-state index contributed by atoms with van der Waals surface area (Å²) in [5, 5.41) is 6.15. The Labute approximate surface area is 183 Å². The SMILES string of the molecule is COc1cc(OC)cc(C(=O)NC(=NCCN2CCOCC2)Nc2ccccc2C)c1. The molecule has 0 bridgehead atoms. The van der Waals surface area contributed by atoms with Gasteiger partial charge in [-0.05, 0) is 30.7 Å². The van der Waals surface area contributed by atoms with Crippen LogP contribution in [0.3, 0.4) is 0 Å². The molecule has 1 fully saturated rings. The molecule has 0 unspecified atom stereocenters. The lowest BCUT2D eigenvalue weighted by Crippen LogP contribution is -2.39. The molecule has 0 saturated carbocycles. The highest BCUT2D eigenvalue weighted by Crippen LogP contribution is 2.22. The molecule has 2 aromatic rings. The molecule has 1 aliphatic rings. The van der Waals surface area contributed by atoms with E-state index >= 15 is 0 Å². The standard InChI is InChI=1S/C23H30N4O4/c1-17-6-4-5-7-21(17)25-23(24-8-9-27-10-12-31-13-11-27)26-22(28)18-14-19(29-2)16-20(15-18)30-3/h4-7,14-16H,8-13H2,1-3H3,(H2,24,25,26,28). The summed E-state index contributed by atoms with van der Waals surface area (Å²) < 4.78 is 15.9. The Morgan fingerprint density at radius 3 is 2.42 bits per heavy atom. The van der Waals surface area contributed by atoms with Crippen molar-refractivity contribution in [2.75, 3.05) is 58.9 Å². The molecule has 0 radical (unpaired) electrons. The second-order valence-electron chi connectivity index (χ2n) is 7.18. The number of methoxy groups -OCH3 is 2. The number of aliphatic imine (C=N–C) groups is 1. The number of ether oxygens (including phenoxy) is 3. The first kappa shape index (κ1) is 22.6. The number of aryl methyl sites for hydroxylation is 1. The fraction of sp³-hybridized carbons (Fsp3) is 0.391. The van der Waals surface area contributed by atoms with E-state index in [4.69, 9.17) is 14.2 Å². The highest BCUT2D eigenvalue weighted by Gasteiger charge is 2.14. The molecule has 0 aliphatic carbocycles. The summed E-state index contributed by atoms with van der Waals surface area (Å²) in [7, 11) is 3.10. The summed E-state index contributed by atoms with van der Waals surface area (Å²) in [4.78, 5) is 19.9. The van der Waals surface area contributed by atoms with Gasteiger partial charge in [-0.1, -0.05) is 18.2 Å². The van der Waals surface area contributed by atoms with Crippen molar-refractivity contribution in [1.82, 2.24) is 10.2 Å². The average molecular weight is 427 g/mol. The van der Waals surface area contributed by atoms with Crippen LogP contribution in [0.5, 0.6) is 11.5 Å². The van der Waals surface area contributed by atoms with Gasteiger partial charge in [0.15, 0.2) is 0 Å². The molecule has 0 aromatic heterocycles. The molecule has 3 rings (SSSR count). The fourth-order valence-electron chi connectivity index (χ4n) is 3.20. The molecule has 8 nitrogen and oxygen atoms in total. The van der Waals surface area contributed by atoms with Crippen LogP contribution in [-0.4, -0.2) is 70.4 Å². The largest absolute Gasteiger partial charge is 0.497 e. The third-order valence-corrected chi connectivity index (χ3v) is 5.03. The van der Waals surface area contributed by atoms with Gasteiger partial charge < -0.3 is 19.5 Å². The Kier molecular flexibility index (Phi) is 8.26. The summed E-state index contributed by atoms with van der Waals surface area (Å²) in [5.41, 5.74) is 2.36. The van der Waals surface area contributed by atoms with Crippen LogP contribution in [0.2, 0.25) is 0 Å². The number of benzene rings is 2. The zero-order chi connectivity index (χ0) is 22.1. The summed E-state index contributed by atoms with van der Waals surface area (Å²) in [6.07, 6.45) is 0. The Morgan fingerprint density at radius 2 is 1.77 bits per heavy atom. The van der Waals surface area contributed by atoms with E-state index in [1.165, 1.54) is 0 Å². The molecule has 8 heteroatoms. The molecular formula is C23H30N4O4. The van der Waals surface area contributed by atoms with Crippen LogP contribution in [0.25, 0.3) is 0 Å². The van der Waals surface area contributed by atoms with Crippen molar-refractivity contribution in [3.05, 3.63) is 53.6 Å². The van der Waals surface area contributed by atoms with Crippen LogP contribution in [0.4, 0.5) is 5.69 Å². The van der Waals surface area contributed by atoms with E-state index in [1.54, 1.807) is 32.4 Å². The van der Waals surface area contributed by atoms with Gasteiger partial charge in [-0.2, -0.15) is 0 Å². The van der Waals surface area contributed by atoms with Gasteiger partial charge in [-0.25, -0.2) is 0 Å². The normalized spacial score (nSPS) is 14.7. The van der Waals surface area contributed by atoms with Crippen LogP contribution in [-0.2, 0) is 4.74 Å². The highest BCUT2D eigenvalue weighted by molar-refractivity contribution is 6.10. The van der Waals surface area contributed by atoms with Gasteiger partial charge in [0, 0.05) is 37.0 Å². The monoisotopic (exact) mass is 426 g/mol. The molecule has 0 spiro atoms. The maximum Gasteiger partial charge on any atom is 0.258 e. The van der Waals surface area contributed by atoms with Gasteiger partial charge in [0.2, 0.25) is 5.96 Å². The highest BCUT2D eigenvalue weighted by atomic mass is 16.5. The summed E-state index contributed by atoms with van der Waals surface area (Å²) in [6.45, 7) is 6.63. The third kappa shape index (κ3) is 6.70. The fourth-order valence-corrected chi connectivity index (χ4v) is 3.20. The van der Waals surface area contributed by atoms with Crippen molar-refractivity contribution in [1.29, 1.82) is 0 Å². The Balaban J connectivity index is 1.75. The number of hydrogen-bond donors (Lipinski definition) is 2. The zero-order valence-electron chi connectivity index (χ0n) is 18.3. The average Bonchev–Trinajstić information content (AvgIpc) is 2.80.